The molecule has 702 valence electrons. The molecule has 19 rings (SSSR count). The lowest BCUT2D eigenvalue weighted by molar-refractivity contribution is -0.129. The number of anilines is 10. The number of hydrogen-bond acceptors (Lipinski definition) is 23. The molecule has 8 aromatic heterocycles. The van der Waals surface area contributed by atoms with E-state index in [1.807, 2.05) is 190 Å². The molecule has 5 N–H and O–H groups in total. The molecule has 4 fully saturated rings. The molecule has 9 aliphatic rings. The maximum absolute atomic E-state index is 12.8. The molecule has 0 saturated carbocycles. The van der Waals surface area contributed by atoms with Crippen LogP contribution in [0.3, 0.4) is 0 Å². The fraction of sp³-hybridized carbons (Fsp3) is 0.404. The molecule has 4 unspecified atom stereocenters. The van der Waals surface area contributed by atoms with Gasteiger partial charge in [0.25, 0.3) is 22.9 Å². The van der Waals surface area contributed by atoms with Gasteiger partial charge in [0.15, 0.2) is 23.3 Å². The average molecular weight is 1890 g/mol. The van der Waals surface area contributed by atoms with Crippen LogP contribution in [-0.4, -0.2) is 189 Å². The van der Waals surface area contributed by atoms with Crippen molar-refractivity contribution in [3.63, 3.8) is 0 Å². The summed E-state index contributed by atoms with van der Waals surface area (Å²) in [5, 5.41) is 23.8. The van der Waals surface area contributed by atoms with Gasteiger partial charge in [0, 0.05) is 186 Å². The molecule has 34 heteroatoms. The summed E-state index contributed by atoms with van der Waals surface area (Å²) in [6, 6.07) is 20.8. The molecule has 0 radical (unpaired) electrons. The SMILES string of the molecule is CC.CC.CC.CC.CN1C(=O)C(C2=CCN=C2)=CC2C=C(Nc3nc(N4CCCCC4)ncc3Cl)C=CC21.CN1C(=O)C(Cn2cccn2)=CC2C=C(Nc3nc(N4CCCCC4)ncc3Cl)C=CC21.CNC(=O)Cc1cc2cc(Nc3nc(N4CCCCC4)ncc3Cl)ccc2n(C)c1=O.Cn1c(=O)c(-n2cccc2)cc2cc(Nc3nc(N4CCCCC4)ncc3Cl)ccc21. The molecule has 7 aliphatic heterocycles. The van der Waals surface area contributed by atoms with E-state index in [9.17, 15) is 24.0 Å². The minimum absolute atomic E-state index is 0.00877. The Labute approximate surface area is 798 Å². The van der Waals surface area contributed by atoms with Gasteiger partial charge < -0.3 is 69.7 Å². The fourth-order valence-corrected chi connectivity index (χ4v) is 17.4. The van der Waals surface area contributed by atoms with Crippen molar-refractivity contribution in [3.05, 3.63) is 245 Å². The van der Waals surface area contributed by atoms with Crippen molar-refractivity contribution in [2.75, 3.05) is 121 Å². The molecule has 10 aromatic rings. The first-order valence-electron chi connectivity index (χ1n) is 46.5. The fourth-order valence-electron chi connectivity index (χ4n) is 16.9. The Kier molecular flexibility index (Phi) is 36.1. The summed E-state index contributed by atoms with van der Waals surface area (Å²) >= 11 is 25.5. The lowest BCUT2D eigenvalue weighted by Gasteiger charge is -2.37. The maximum Gasteiger partial charge on any atom is 0.275 e. The number of carbonyl (C=O) groups is 3. The monoisotopic (exact) mass is 1880 g/mol. The summed E-state index contributed by atoms with van der Waals surface area (Å²) in [7, 11) is 8.75. The number of aromatic nitrogens is 13. The molecule has 2 aliphatic carbocycles. The smallest absolute Gasteiger partial charge is 0.275 e. The molecular formula is C99H123Cl4N25O5. The van der Waals surface area contributed by atoms with Crippen LogP contribution in [0.25, 0.3) is 27.5 Å². The maximum atomic E-state index is 12.8. The zero-order valence-corrected chi connectivity index (χ0v) is 81.3. The van der Waals surface area contributed by atoms with Crippen LogP contribution in [0.15, 0.2) is 214 Å². The number of pyridine rings is 2. The summed E-state index contributed by atoms with van der Waals surface area (Å²) in [4.78, 5) is 116. The molecule has 0 spiro atoms. The van der Waals surface area contributed by atoms with Crippen LogP contribution in [0.2, 0.25) is 20.1 Å². The van der Waals surface area contributed by atoms with Crippen molar-refractivity contribution < 1.29 is 14.4 Å². The van der Waals surface area contributed by atoms with Gasteiger partial charge in [-0.05, 0) is 156 Å². The number of aryl methyl sites for hydroxylation is 2. The highest BCUT2D eigenvalue weighted by molar-refractivity contribution is 6.34. The van der Waals surface area contributed by atoms with Crippen molar-refractivity contribution >= 4 is 151 Å². The van der Waals surface area contributed by atoms with Gasteiger partial charge in [-0.3, -0.25) is 33.6 Å². The highest BCUT2D eigenvalue weighted by atomic mass is 35.5. The Bertz CT molecular complexity index is 6080. The molecule has 3 amide bonds. The topological polar surface area (TPSA) is 313 Å². The van der Waals surface area contributed by atoms with Crippen molar-refractivity contribution in [2.45, 2.75) is 157 Å². The van der Waals surface area contributed by atoms with Crippen LogP contribution < -0.4 is 57.3 Å². The third-order valence-electron chi connectivity index (χ3n) is 23.7. The molecule has 133 heavy (non-hydrogen) atoms. The Hall–Kier alpha value is -12.5. The Morgan fingerprint density at radius 2 is 0.880 bits per heavy atom. The molecule has 0 bridgehead atoms. The number of hydrogen-bond donors (Lipinski definition) is 5. The highest BCUT2D eigenvalue weighted by Crippen LogP contribution is 2.37. The van der Waals surface area contributed by atoms with E-state index in [0.29, 0.717) is 97.1 Å². The predicted molar refractivity (Wildman–Crippen MR) is 541 cm³/mol. The van der Waals surface area contributed by atoms with Crippen LogP contribution in [0.1, 0.15) is 138 Å². The number of allylic oxidation sites excluding steroid dienone is 2. The van der Waals surface area contributed by atoms with Gasteiger partial charge in [-0.2, -0.15) is 25.0 Å². The van der Waals surface area contributed by atoms with Crippen molar-refractivity contribution in [1.29, 1.82) is 0 Å². The average Bonchev–Trinajstić information content (AvgIpc) is 1.77. The Morgan fingerprint density at radius 1 is 0.466 bits per heavy atom. The van der Waals surface area contributed by atoms with Crippen LogP contribution in [0.4, 0.5) is 58.4 Å². The van der Waals surface area contributed by atoms with Gasteiger partial charge in [-0.25, -0.2) is 19.9 Å². The second kappa shape index (κ2) is 48.2. The Morgan fingerprint density at radius 3 is 1.29 bits per heavy atom. The number of fused-ring (bicyclic) bond motifs is 4. The van der Waals surface area contributed by atoms with E-state index in [1.54, 1.807) is 88.0 Å². The second-order valence-electron chi connectivity index (χ2n) is 32.1. The number of nitrogens with zero attached hydrogens (tertiary/aromatic N) is 20. The number of benzene rings is 2. The van der Waals surface area contributed by atoms with Crippen LogP contribution in [-0.2, 0) is 41.4 Å². The zero-order valence-electron chi connectivity index (χ0n) is 78.3. The molecule has 2 aromatic carbocycles. The minimum atomic E-state index is -0.205. The first kappa shape index (κ1) is 99.5. The molecule has 4 saturated heterocycles. The van der Waals surface area contributed by atoms with Gasteiger partial charge in [-0.15, -0.1) is 0 Å². The lowest BCUT2D eigenvalue weighted by atomic mass is 9.85. The van der Waals surface area contributed by atoms with E-state index >= 15 is 0 Å². The van der Waals surface area contributed by atoms with E-state index in [4.69, 9.17) is 51.4 Å². The van der Waals surface area contributed by atoms with Gasteiger partial charge >= 0.3 is 0 Å². The summed E-state index contributed by atoms with van der Waals surface area (Å²) in [5.41, 5.74) is 8.22. The van der Waals surface area contributed by atoms with Crippen molar-refractivity contribution in [3.8, 4) is 5.69 Å². The van der Waals surface area contributed by atoms with Gasteiger partial charge in [0.1, 0.15) is 25.8 Å². The normalized spacial score (nSPS) is 18.2. The Balaban J connectivity index is 0.000000156. The van der Waals surface area contributed by atoms with Gasteiger partial charge in [0.2, 0.25) is 29.7 Å². The number of halogens is 4. The van der Waals surface area contributed by atoms with Crippen LogP contribution in [0.5, 0.6) is 0 Å². The predicted octanol–water partition coefficient (Wildman–Crippen LogP) is 18.3. The summed E-state index contributed by atoms with van der Waals surface area (Å²) in [6.07, 6.45) is 48.3. The summed E-state index contributed by atoms with van der Waals surface area (Å²) in [5.74, 6) is 5.05. The molecule has 30 nitrogen and oxygen atoms in total. The number of nitrogens with one attached hydrogen (secondary N) is 5. The van der Waals surface area contributed by atoms with Crippen molar-refractivity contribution in [2.24, 2.45) is 30.9 Å². The number of amides is 3. The second-order valence-corrected chi connectivity index (χ2v) is 33.8. The molecule has 15 heterocycles. The number of carbonyl (C=O) groups excluding carboxylic acids is 3. The first-order chi connectivity index (χ1) is 64.7. The minimum Gasteiger partial charge on any atom is -0.359 e. The number of rotatable bonds is 18. The van der Waals surface area contributed by atoms with Crippen LogP contribution in [0, 0.1) is 11.8 Å². The highest BCUT2D eigenvalue weighted by Gasteiger charge is 2.37. The van der Waals surface area contributed by atoms with E-state index in [2.05, 4.69) is 109 Å². The molecule has 4 atom stereocenters. The third-order valence-corrected chi connectivity index (χ3v) is 24.8. The van der Waals surface area contributed by atoms with E-state index in [1.165, 1.54) is 25.7 Å². The number of likely N-dealkylation sites (N-methyl/N-ethyl adjacent to an activating group) is 3. The summed E-state index contributed by atoms with van der Waals surface area (Å²) < 4.78 is 6.82. The zero-order chi connectivity index (χ0) is 94.8. The number of piperidine rings is 4. The standard InChI is InChI=1S/C23H26ClN7O.C23H23ClN6O.C23H25ClN6O.C22H25ClN6O2.4C2H6/c1-29-20-7-6-18(13-16(20)12-17(22(29)32)15-31-11-5-8-26-31)27-21-19(24)14-25-23(28-21)30-9-3-2-4-10-30;1-28-19-8-7-17(13-16(19)14-20(22(28)31)29-9-5-6-10-29)26-21-18(24)15-25-23(27-21)30-11-3-2-4-12-30;1-29-20-6-5-17(11-16(20)12-18(22(29)31)15-7-8-25-13-15)27-21-19(24)14-26-23(28-21)30-9-3-2-4-10-30;1-24-19(30)12-15-10-14-11-16(6-7-18(14)28(2)21(15)31)26-20-17(23)13-25-22(27-20)29-8-4-3-5-9-29;4*1-2/h5-8,11-14,16,20H,2-4,9-10,15H2,1H3,(H,25,27,28);5-10,13-15H,2-4,11-12H2,1H3,(H,25,26,27);5-7,11-14,16,20H,2-4,8-10H2,1H3,(H,26,27,28);6-7,10-11,13H,3-5,8-9,12H2,1-2H3,(H,24,30)(H,25,26,27);4*1-2H3. The first-order valence-corrected chi connectivity index (χ1v) is 48.0. The van der Waals surface area contributed by atoms with E-state index < -0.39 is 0 Å². The lowest BCUT2D eigenvalue weighted by Crippen LogP contribution is -2.45. The number of aliphatic imine (C=N–C) groups is 1. The van der Waals surface area contributed by atoms with Gasteiger partial charge in [0.05, 0.1) is 67.4 Å². The van der Waals surface area contributed by atoms with Crippen molar-refractivity contribution in [1.82, 2.24) is 78.5 Å². The van der Waals surface area contributed by atoms with E-state index in [-0.39, 0.29) is 59.2 Å². The van der Waals surface area contributed by atoms with E-state index in [0.717, 1.165) is 159 Å². The quantitative estimate of drug-likeness (QED) is 0.0533. The largest absolute Gasteiger partial charge is 0.359 e. The van der Waals surface area contributed by atoms with Crippen LogP contribution >= 0.6 is 46.4 Å². The summed E-state index contributed by atoms with van der Waals surface area (Å²) in [6.45, 7) is 24.8. The molecular weight excluding hydrogens is 1760 g/mol. The van der Waals surface area contributed by atoms with Gasteiger partial charge in [-0.1, -0.05) is 144 Å². The third kappa shape index (κ3) is 24.7.